The fourth-order valence-electron chi connectivity index (χ4n) is 2.44. The Balaban J connectivity index is 2.31. The molecule has 1 saturated heterocycles. The minimum absolute atomic E-state index is 0.00963. The quantitative estimate of drug-likeness (QED) is 0.921. The highest BCUT2D eigenvalue weighted by Gasteiger charge is 2.26. The van der Waals surface area contributed by atoms with Crippen LogP contribution in [0.5, 0.6) is 0 Å². The first-order valence-corrected chi connectivity index (χ1v) is 6.95. The lowest BCUT2D eigenvalue weighted by Crippen LogP contribution is -2.48. The molecule has 3 nitrogen and oxygen atoms in total. The van der Waals surface area contributed by atoms with Gasteiger partial charge < -0.3 is 5.32 Å². The van der Waals surface area contributed by atoms with Crippen molar-refractivity contribution in [3.63, 3.8) is 0 Å². The number of hydrogen-bond donors (Lipinski definition) is 1. The number of benzene rings is 1. The maximum atomic E-state index is 14.0. The van der Waals surface area contributed by atoms with E-state index in [1.54, 1.807) is 6.07 Å². The fraction of sp³-hybridized carbons (Fsp3) is 0.538. The van der Waals surface area contributed by atoms with Gasteiger partial charge in [0.1, 0.15) is 5.82 Å². The van der Waals surface area contributed by atoms with Gasteiger partial charge in [0.15, 0.2) is 0 Å². The van der Waals surface area contributed by atoms with Crippen LogP contribution >= 0.6 is 15.9 Å². The molecule has 0 spiro atoms. The summed E-state index contributed by atoms with van der Waals surface area (Å²) >= 11 is 3.42. The van der Waals surface area contributed by atoms with Gasteiger partial charge in [0, 0.05) is 36.2 Å². The number of piperazine rings is 1. The normalized spacial score (nSPS) is 19.2. The molecule has 0 radical (unpaired) electrons. The smallest absolute Gasteiger partial charge is 0.129 e. The van der Waals surface area contributed by atoms with E-state index >= 15 is 0 Å². The first-order chi connectivity index (χ1) is 8.59. The predicted molar refractivity (Wildman–Crippen MR) is 75.0 cm³/mol. The molecule has 0 bridgehead atoms. The van der Waals surface area contributed by atoms with Crippen LogP contribution in [0, 0.1) is 5.82 Å². The molecule has 1 aliphatic rings. The highest BCUT2D eigenvalue weighted by atomic mass is 79.9. The van der Waals surface area contributed by atoms with Crippen LogP contribution in [0.2, 0.25) is 0 Å². The summed E-state index contributed by atoms with van der Waals surface area (Å²) in [7, 11) is 3.99. The zero-order chi connectivity index (χ0) is 13.1. The first-order valence-electron chi connectivity index (χ1n) is 6.16. The molecule has 5 heteroatoms. The van der Waals surface area contributed by atoms with Crippen LogP contribution in [-0.2, 0) is 0 Å². The maximum absolute atomic E-state index is 14.0. The Bertz CT molecular complexity index is 405. The van der Waals surface area contributed by atoms with Crippen molar-refractivity contribution in [1.82, 2.24) is 15.1 Å². The van der Waals surface area contributed by atoms with E-state index in [1.165, 1.54) is 6.07 Å². The summed E-state index contributed by atoms with van der Waals surface area (Å²) in [5.41, 5.74) is 0.733. The fourth-order valence-corrected chi connectivity index (χ4v) is 2.82. The van der Waals surface area contributed by atoms with E-state index in [4.69, 9.17) is 0 Å². The molecule has 1 aliphatic heterocycles. The molecule has 1 fully saturated rings. The van der Waals surface area contributed by atoms with Gasteiger partial charge >= 0.3 is 0 Å². The average molecular weight is 316 g/mol. The maximum Gasteiger partial charge on any atom is 0.129 e. The van der Waals surface area contributed by atoms with Gasteiger partial charge in [-0.2, -0.15) is 0 Å². The van der Waals surface area contributed by atoms with Crippen LogP contribution in [0.15, 0.2) is 22.7 Å². The third-order valence-corrected chi connectivity index (χ3v) is 3.72. The van der Waals surface area contributed by atoms with Gasteiger partial charge in [-0.15, -0.1) is 0 Å². The second kappa shape index (κ2) is 6.10. The van der Waals surface area contributed by atoms with E-state index in [1.807, 2.05) is 20.2 Å². The van der Waals surface area contributed by atoms with Gasteiger partial charge in [-0.1, -0.05) is 15.9 Å². The third-order valence-electron chi connectivity index (χ3n) is 3.22. The third kappa shape index (κ3) is 3.09. The zero-order valence-electron chi connectivity index (χ0n) is 10.8. The van der Waals surface area contributed by atoms with Crippen molar-refractivity contribution in [1.29, 1.82) is 0 Å². The van der Waals surface area contributed by atoms with E-state index in [2.05, 4.69) is 31.0 Å². The number of halogens is 2. The molecule has 0 aliphatic carbocycles. The Labute approximate surface area is 116 Å². The van der Waals surface area contributed by atoms with Crippen molar-refractivity contribution in [2.75, 3.05) is 40.3 Å². The van der Waals surface area contributed by atoms with Crippen molar-refractivity contribution in [3.05, 3.63) is 34.1 Å². The molecular weight excluding hydrogens is 297 g/mol. The molecule has 0 amide bonds. The van der Waals surface area contributed by atoms with Crippen molar-refractivity contribution >= 4 is 15.9 Å². The molecule has 1 atom stereocenters. The molecule has 1 heterocycles. The van der Waals surface area contributed by atoms with E-state index in [0.29, 0.717) is 0 Å². The molecule has 100 valence electrons. The summed E-state index contributed by atoms with van der Waals surface area (Å²) in [6.07, 6.45) is -0.00963. The van der Waals surface area contributed by atoms with Crippen molar-refractivity contribution in [3.8, 4) is 0 Å². The minimum atomic E-state index is -0.143. The molecular formula is C13H19BrFN3. The van der Waals surface area contributed by atoms with Gasteiger partial charge in [0.25, 0.3) is 0 Å². The molecule has 0 saturated carbocycles. The van der Waals surface area contributed by atoms with Crippen LogP contribution in [0.25, 0.3) is 0 Å². The van der Waals surface area contributed by atoms with Gasteiger partial charge in [-0.3, -0.25) is 9.80 Å². The second-order valence-corrected chi connectivity index (χ2v) is 5.70. The first kappa shape index (κ1) is 13.9. The number of nitrogens with zero attached hydrogens (tertiary/aromatic N) is 2. The molecule has 1 unspecified atom stereocenters. The number of nitrogens with one attached hydrogen (secondary N) is 1. The lowest BCUT2D eigenvalue weighted by molar-refractivity contribution is 0.0645. The van der Waals surface area contributed by atoms with E-state index in [-0.39, 0.29) is 12.0 Å². The summed E-state index contributed by atoms with van der Waals surface area (Å²) in [6.45, 7) is 3.80. The van der Waals surface area contributed by atoms with Gasteiger partial charge in [0.2, 0.25) is 0 Å². The Morgan fingerprint density at radius 3 is 2.61 bits per heavy atom. The van der Waals surface area contributed by atoms with Crippen LogP contribution in [-0.4, -0.2) is 50.1 Å². The Morgan fingerprint density at radius 1 is 1.33 bits per heavy atom. The van der Waals surface area contributed by atoms with Gasteiger partial charge in [-0.05, 0) is 32.3 Å². The predicted octanol–water partition coefficient (Wildman–Crippen LogP) is 2.05. The molecule has 1 N–H and O–H groups in total. The summed E-state index contributed by atoms with van der Waals surface area (Å²) in [6, 6.07) is 5.14. The number of hydrogen-bond acceptors (Lipinski definition) is 3. The Morgan fingerprint density at radius 2 is 2.00 bits per heavy atom. The minimum Gasteiger partial charge on any atom is -0.314 e. The monoisotopic (exact) mass is 315 g/mol. The number of rotatable bonds is 3. The topological polar surface area (TPSA) is 18.5 Å². The van der Waals surface area contributed by atoms with E-state index < -0.39 is 0 Å². The van der Waals surface area contributed by atoms with E-state index in [9.17, 15) is 4.39 Å². The molecule has 0 aromatic heterocycles. The van der Waals surface area contributed by atoms with Crippen molar-refractivity contribution in [2.24, 2.45) is 0 Å². The average Bonchev–Trinajstić information content (AvgIpc) is 2.35. The van der Waals surface area contributed by atoms with E-state index in [0.717, 1.165) is 36.2 Å². The Hall–Kier alpha value is -0.490. The zero-order valence-corrected chi connectivity index (χ0v) is 12.4. The molecule has 1 aromatic rings. The molecule has 18 heavy (non-hydrogen) atoms. The highest BCUT2D eigenvalue weighted by Crippen LogP contribution is 2.28. The van der Waals surface area contributed by atoms with Gasteiger partial charge in [0.05, 0.1) is 6.17 Å². The van der Waals surface area contributed by atoms with Gasteiger partial charge in [-0.25, -0.2) is 4.39 Å². The van der Waals surface area contributed by atoms with Crippen LogP contribution < -0.4 is 5.32 Å². The summed E-state index contributed by atoms with van der Waals surface area (Å²) in [5, 5.41) is 3.32. The van der Waals surface area contributed by atoms with Crippen molar-refractivity contribution in [2.45, 2.75) is 6.17 Å². The summed E-state index contributed by atoms with van der Waals surface area (Å²) in [4.78, 5) is 4.37. The van der Waals surface area contributed by atoms with Crippen molar-refractivity contribution < 1.29 is 4.39 Å². The standard InChI is InChI=1S/C13H19BrFN3/c1-17(2)13(18-7-5-16-6-8-18)11-9-10(14)3-4-12(11)15/h3-4,9,13,16H,5-8H2,1-2H3. The SMILES string of the molecule is CN(C)C(c1cc(Br)ccc1F)N1CCNCC1. The lowest BCUT2D eigenvalue weighted by atomic mass is 10.1. The highest BCUT2D eigenvalue weighted by molar-refractivity contribution is 9.10. The summed E-state index contributed by atoms with van der Waals surface area (Å²) in [5.74, 6) is -0.143. The van der Waals surface area contributed by atoms with Crippen LogP contribution in [0.1, 0.15) is 11.7 Å². The molecule has 2 rings (SSSR count). The largest absolute Gasteiger partial charge is 0.314 e. The second-order valence-electron chi connectivity index (χ2n) is 4.79. The Kier molecular flexibility index (Phi) is 4.72. The molecule has 1 aromatic carbocycles. The van der Waals surface area contributed by atoms with Crippen LogP contribution in [0.3, 0.4) is 0 Å². The van der Waals surface area contributed by atoms with Crippen LogP contribution in [0.4, 0.5) is 4.39 Å². The lowest BCUT2D eigenvalue weighted by Gasteiger charge is -2.39. The summed E-state index contributed by atoms with van der Waals surface area (Å²) < 4.78 is 15.0.